The van der Waals surface area contributed by atoms with E-state index in [1.165, 1.54) is 88.7 Å². The van der Waals surface area contributed by atoms with Gasteiger partial charge < -0.3 is 4.57 Å². The Bertz CT molecular complexity index is 3670. The summed E-state index contributed by atoms with van der Waals surface area (Å²) in [6.45, 7) is 7.23. The Balaban J connectivity index is 1.01. The molecule has 10 aromatic rings. The molecule has 0 bridgehead atoms. The molecule has 1 spiro atoms. The van der Waals surface area contributed by atoms with Crippen LogP contribution in [0.3, 0.4) is 0 Å². The summed E-state index contributed by atoms with van der Waals surface area (Å²) >= 11 is 0. The lowest BCUT2D eigenvalue weighted by atomic mass is 9.52. The SMILES string of the molecule is CC1CCC(c2cccc(-c3cccc4c3C(C)(C)c3ccccc3C43c4ccccc4-n4c5ccccc5c5cccc3c54)c2)=NC(c2ccc(-c3ccccc3)cc2)=NC1c1ccccc1. The second-order valence-electron chi connectivity index (χ2n) is 19.6. The summed E-state index contributed by atoms with van der Waals surface area (Å²) in [6.07, 6.45) is 1.82. The maximum Gasteiger partial charge on any atom is 0.155 e. The van der Waals surface area contributed by atoms with Crippen LogP contribution in [0.5, 0.6) is 0 Å². The fraction of sp³-hybridized carbons (Fsp3) is 0.138. The van der Waals surface area contributed by atoms with E-state index < -0.39 is 5.41 Å². The van der Waals surface area contributed by atoms with Crippen LogP contribution >= 0.6 is 0 Å². The van der Waals surface area contributed by atoms with Gasteiger partial charge in [0.05, 0.1) is 33.9 Å². The average Bonchev–Trinajstić information content (AvgIpc) is 3.73. The van der Waals surface area contributed by atoms with Crippen molar-refractivity contribution < 1.29 is 0 Å². The minimum Gasteiger partial charge on any atom is -0.309 e. The van der Waals surface area contributed by atoms with E-state index in [2.05, 4.69) is 244 Å². The zero-order valence-corrected chi connectivity index (χ0v) is 38.7. The van der Waals surface area contributed by atoms with Crippen LogP contribution in [-0.4, -0.2) is 16.1 Å². The van der Waals surface area contributed by atoms with Gasteiger partial charge in [-0.15, -0.1) is 0 Å². The van der Waals surface area contributed by atoms with Gasteiger partial charge in [0.2, 0.25) is 0 Å². The first-order chi connectivity index (χ1) is 33.4. The van der Waals surface area contributed by atoms with Crippen molar-refractivity contribution in [2.75, 3.05) is 0 Å². The van der Waals surface area contributed by atoms with Gasteiger partial charge in [0.15, 0.2) is 5.84 Å². The smallest absolute Gasteiger partial charge is 0.155 e. The maximum absolute atomic E-state index is 5.59. The summed E-state index contributed by atoms with van der Waals surface area (Å²) in [4.78, 5) is 11.1. The highest BCUT2D eigenvalue weighted by atomic mass is 15.0. The molecule has 13 rings (SSSR count). The lowest BCUT2D eigenvalue weighted by Crippen LogP contribution is -2.44. The Kier molecular flexibility index (Phi) is 9.27. The number of benzene rings is 9. The quantitative estimate of drug-likeness (QED) is 0.165. The van der Waals surface area contributed by atoms with Gasteiger partial charge in [0.1, 0.15) is 0 Å². The third-order valence-corrected chi connectivity index (χ3v) is 15.5. The highest BCUT2D eigenvalue weighted by Gasteiger charge is 2.53. The van der Waals surface area contributed by atoms with Crippen molar-refractivity contribution in [3.63, 3.8) is 0 Å². The van der Waals surface area contributed by atoms with Gasteiger partial charge in [-0.3, -0.25) is 4.99 Å². The molecule has 1 aromatic heterocycles. The number of hydrogen-bond acceptors (Lipinski definition) is 2. The third-order valence-electron chi connectivity index (χ3n) is 15.5. The molecule has 0 fully saturated rings. The van der Waals surface area contributed by atoms with Gasteiger partial charge in [-0.25, -0.2) is 4.99 Å². The Morgan fingerprint density at radius 1 is 0.485 bits per heavy atom. The van der Waals surface area contributed by atoms with E-state index in [-0.39, 0.29) is 11.5 Å². The third kappa shape index (κ3) is 5.98. The molecule has 9 aromatic carbocycles. The lowest BCUT2D eigenvalue weighted by molar-refractivity contribution is 0.446. The van der Waals surface area contributed by atoms with Crippen LogP contribution < -0.4 is 0 Å². The van der Waals surface area contributed by atoms with Crippen molar-refractivity contribution in [1.29, 1.82) is 0 Å². The van der Waals surface area contributed by atoms with Crippen LogP contribution in [-0.2, 0) is 10.8 Å². The second kappa shape index (κ2) is 15.6. The molecule has 0 saturated heterocycles. The number of amidine groups is 1. The highest BCUT2D eigenvalue weighted by Crippen LogP contribution is 2.61. The molecule has 3 nitrogen and oxygen atoms in total. The van der Waals surface area contributed by atoms with Gasteiger partial charge in [0, 0.05) is 21.8 Å². The minimum absolute atomic E-state index is 0.00177. The topological polar surface area (TPSA) is 29.6 Å². The summed E-state index contributed by atoms with van der Waals surface area (Å²) in [5.41, 5.74) is 20.3. The molecule has 0 saturated carbocycles. The maximum atomic E-state index is 5.59. The van der Waals surface area contributed by atoms with Gasteiger partial charge in [0.25, 0.3) is 0 Å². The molecule has 1 aliphatic carbocycles. The van der Waals surface area contributed by atoms with E-state index in [9.17, 15) is 0 Å². The molecule has 3 unspecified atom stereocenters. The Hall–Kier alpha value is -7.88. The first kappa shape index (κ1) is 40.4. The molecular weight excluding hydrogens is 823 g/mol. The zero-order valence-electron chi connectivity index (χ0n) is 38.7. The lowest BCUT2D eigenvalue weighted by Gasteiger charge is -2.50. The van der Waals surface area contributed by atoms with Crippen LogP contribution in [0.4, 0.5) is 0 Å². The van der Waals surface area contributed by atoms with Gasteiger partial charge in [-0.1, -0.05) is 221 Å². The van der Waals surface area contributed by atoms with Gasteiger partial charge >= 0.3 is 0 Å². The zero-order chi connectivity index (χ0) is 45.6. The summed E-state index contributed by atoms with van der Waals surface area (Å²) in [6, 6.07) is 80.9. The number of rotatable bonds is 5. The van der Waals surface area contributed by atoms with Crippen molar-refractivity contribution >= 4 is 33.4 Å². The summed E-state index contributed by atoms with van der Waals surface area (Å²) in [5, 5.41) is 2.57. The first-order valence-electron chi connectivity index (χ1n) is 24.2. The molecule has 2 aliphatic heterocycles. The fourth-order valence-corrected chi connectivity index (χ4v) is 12.4. The van der Waals surface area contributed by atoms with E-state index in [1.807, 2.05) is 0 Å². The average molecular weight is 874 g/mol. The second-order valence-corrected chi connectivity index (χ2v) is 19.6. The fourth-order valence-electron chi connectivity index (χ4n) is 12.4. The van der Waals surface area contributed by atoms with Crippen LogP contribution in [0.25, 0.3) is 49.7 Å². The standard InChI is InChI=1S/C65H51N3/c1-42-35-40-57(66-63(67-61(42)45-21-8-5-9-22-45)46-38-36-44(37-39-46)43-19-6-4-7-20-43)48-24-16-23-47(41-48)49-26-17-31-55-60(49)64(2,3)52-28-11-12-29-53(52)65(55)54-30-13-15-34-59(54)68-58-33-14-10-25-50(58)51-27-18-32-56(65)62(51)68/h4-34,36-39,41-42,61H,35,40H2,1-3H3. The molecule has 68 heavy (non-hydrogen) atoms. The number of aromatic nitrogens is 1. The Labute approximate surface area is 398 Å². The van der Waals surface area contributed by atoms with Crippen molar-refractivity contribution in [2.45, 2.75) is 50.5 Å². The molecule has 326 valence electrons. The van der Waals surface area contributed by atoms with Crippen LogP contribution in [0, 0.1) is 5.92 Å². The van der Waals surface area contributed by atoms with Gasteiger partial charge in [-0.05, 0) is 104 Å². The van der Waals surface area contributed by atoms with Gasteiger partial charge in [-0.2, -0.15) is 0 Å². The molecule has 0 radical (unpaired) electrons. The molecule has 3 aliphatic rings. The predicted molar refractivity (Wildman–Crippen MR) is 283 cm³/mol. The van der Waals surface area contributed by atoms with Crippen LogP contribution in [0.1, 0.15) is 89.7 Å². The first-order valence-corrected chi connectivity index (χ1v) is 24.2. The molecular formula is C65H51N3. The minimum atomic E-state index is -0.563. The molecule has 3 heteroatoms. The molecule has 3 atom stereocenters. The molecule has 3 heterocycles. The van der Waals surface area contributed by atoms with Crippen molar-refractivity contribution in [3.05, 3.63) is 268 Å². The summed E-state index contributed by atoms with van der Waals surface area (Å²) in [7, 11) is 0. The van der Waals surface area contributed by atoms with E-state index in [0.29, 0.717) is 5.92 Å². The Morgan fingerprint density at radius 2 is 1.07 bits per heavy atom. The number of nitrogens with zero attached hydrogens (tertiary/aromatic N) is 3. The number of aliphatic imine (C=N–C) groups is 2. The number of para-hydroxylation sites is 3. The van der Waals surface area contributed by atoms with Crippen LogP contribution in [0.15, 0.2) is 228 Å². The van der Waals surface area contributed by atoms with Crippen molar-refractivity contribution in [3.8, 4) is 27.9 Å². The van der Waals surface area contributed by atoms with E-state index in [4.69, 9.17) is 9.98 Å². The molecule has 0 N–H and O–H groups in total. The molecule has 0 amide bonds. The highest BCUT2D eigenvalue weighted by molar-refractivity contribution is 6.14. The number of hydrogen-bond donors (Lipinski definition) is 0. The largest absolute Gasteiger partial charge is 0.309 e. The summed E-state index contributed by atoms with van der Waals surface area (Å²) in [5.74, 6) is 1.09. The van der Waals surface area contributed by atoms with E-state index >= 15 is 0 Å². The monoisotopic (exact) mass is 873 g/mol. The number of fused-ring (bicyclic) bond motifs is 11. The summed E-state index contributed by atoms with van der Waals surface area (Å²) < 4.78 is 2.53. The Morgan fingerprint density at radius 3 is 1.90 bits per heavy atom. The van der Waals surface area contributed by atoms with Crippen molar-refractivity contribution in [1.82, 2.24) is 4.57 Å². The van der Waals surface area contributed by atoms with E-state index in [0.717, 1.165) is 35.5 Å². The van der Waals surface area contributed by atoms with E-state index in [1.54, 1.807) is 0 Å². The predicted octanol–water partition coefficient (Wildman–Crippen LogP) is 15.9. The van der Waals surface area contributed by atoms with Crippen LogP contribution in [0.2, 0.25) is 0 Å². The normalized spacial score (nSPS) is 19.0. The van der Waals surface area contributed by atoms with Crippen molar-refractivity contribution in [2.24, 2.45) is 15.9 Å².